The van der Waals surface area contributed by atoms with Crippen LogP contribution < -0.4 is 30.2 Å². The quantitative estimate of drug-likeness (QED) is 0.0257. The van der Waals surface area contributed by atoms with E-state index in [9.17, 15) is 55.7 Å². The Morgan fingerprint density at radius 2 is 1.22 bits per heavy atom. The minimum absolute atomic E-state index is 0.0446. The number of hydrogen-bond acceptors (Lipinski definition) is 20. The van der Waals surface area contributed by atoms with E-state index in [0.717, 1.165) is 6.07 Å². The molecule has 2 heterocycles. The van der Waals surface area contributed by atoms with Gasteiger partial charge in [0.25, 0.3) is 30.4 Å². The van der Waals surface area contributed by atoms with Gasteiger partial charge in [-0.25, -0.2) is 17.6 Å². The van der Waals surface area contributed by atoms with E-state index in [4.69, 9.17) is 25.9 Å². The van der Waals surface area contributed by atoms with Crippen LogP contribution in [-0.4, -0.2) is 106 Å². The number of halogens is 1. The Morgan fingerprint density at radius 3 is 1.86 bits per heavy atom. The summed E-state index contributed by atoms with van der Waals surface area (Å²) in [6, 6.07) is 28.9. The van der Waals surface area contributed by atoms with Crippen molar-refractivity contribution in [3.05, 3.63) is 132 Å². The molecule has 2 aromatic heterocycles. The molecule has 8 aromatic rings. The molecule has 31 heteroatoms. The van der Waals surface area contributed by atoms with Gasteiger partial charge < -0.3 is 25.6 Å². The summed E-state index contributed by atoms with van der Waals surface area (Å²) in [4.78, 5) is 17.4. The van der Waals surface area contributed by atoms with Gasteiger partial charge in [-0.3, -0.25) is 18.2 Å². The first-order valence-electron chi connectivity index (χ1n) is 21.7. The van der Waals surface area contributed by atoms with E-state index in [-0.39, 0.29) is 67.7 Å². The van der Waals surface area contributed by atoms with Crippen molar-refractivity contribution in [2.75, 3.05) is 46.9 Å². The average molecular weight is 1160 g/mol. The molecule has 0 aliphatic carbocycles. The third-order valence-corrected chi connectivity index (χ3v) is 16.1. The topological polar surface area (TPSA) is 365 Å². The number of hydrogen-bond donors (Lipinski definition) is 7. The van der Waals surface area contributed by atoms with Crippen molar-refractivity contribution in [3.8, 4) is 11.4 Å². The molecule has 7 N–H and O–H groups in total. The predicted molar refractivity (Wildman–Crippen MR) is 277 cm³/mol. The van der Waals surface area contributed by atoms with Crippen molar-refractivity contribution in [1.29, 1.82) is 0 Å². The van der Waals surface area contributed by atoms with Gasteiger partial charge in [0, 0.05) is 60.1 Å². The number of methoxy groups -OCH3 is 1. The van der Waals surface area contributed by atoms with Crippen LogP contribution in [-0.2, 0) is 61.3 Å². The minimum Gasteiger partial charge on any atom is -0.495 e. The van der Waals surface area contributed by atoms with Crippen LogP contribution in [0.3, 0.4) is 0 Å². The van der Waals surface area contributed by atoms with Gasteiger partial charge in [-0.2, -0.15) is 48.6 Å². The maximum atomic E-state index is 13.0. The van der Waals surface area contributed by atoms with Crippen LogP contribution >= 0.6 is 11.6 Å². The van der Waals surface area contributed by atoms with Gasteiger partial charge in [-0.15, -0.1) is 4.57 Å². The molecular formula is C45H41ClN9O16S5+. The first kappa shape index (κ1) is 55.0. The van der Waals surface area contributed by atoms with Crippen molar-refractivity contribution in [2.45, 2.75) is 33.1 Å². The summed E-state index contributed by atoms with van der Waals surface area (Å²) in [5, 5.41) is 8.31. The Labute approximate surface area is 439 Å². The molecule has 6 aromatic carbocycles. The monoisotopic (exact) mass is 1160 g/mol. The van der Waals surface area contributed by atoms with Crippen LogP contribution in [0.15, 0.2) is 141 Å². The Bertz CT molecular complexity index is 4180. The van der Waals surface area contributed by atoms with E-state index >= 15 is 0 Å². The molecule has 0 bridgehead atoms. The number of rotatable bonds is 20. The standard InChI is InChI=1S/C45H40ClN9O16S5/c1-3-54(26-27-5-4-6-34(21-27)73(58,59)60)31-11-17-36-39(24-31)55(32-12-18-40(70-2)42(25-32)75(64,65)66)38-22-29(9-15-35(38)50-36)47-37-16-10-30(23-41(37)74(61,62)63)49-45-52-43(46)51-44(53-45)48-28-7-13-33(14-8-28)72(56,57)20-19-71-76(67,68)69/h4-18,21-25H,3,19-20,26H2,1-2H3,(H6,48,49,50,51,52,53,58,59,60,61,62,63,64,65,66,67,68,69)/p+1. The van der Waals surface area contributed by atoms with Gasteiger partial charge in [0.1, 0.15) is 26.6 Å². The maximum Gasteiger partial charge on any atom is 0.397 e. The zero-order valence-electron chi connectivity index (χ0n) is 39.2. The average Bonchev–Trinajstić information content (AvgIpc) is 3.34. The molecule has 25 nitrogen and oxygen atoms in total. The number of ether oxygens (including phenoxy) is 1. The maximum absolute atomic E-state index is 13.0. The number of nitrogens with zero attached hydrogens (tertiary/aromatic N) is 6. The van der Waals surface area contributed by atoms with Gasteiger partial charge in [-0.1, -0.05) is 12.1 Å². The molecule has 0 radical (unpaired) electrons. The van der Waals surface area contributed by atoms with E-state index in [1.54, 1.807) is 53.1 Å². The summed E-state index contributed by atoms with van der Waals surface area (Å²) in [5.74, 6) is -1.25. The normalized spacial score (nSPS) is 12.4. The zero-order chi connectivity index (χ0) is 55.0. The van der Waals surface area contributed by atoms with E-state index in [2.05, 4.69) is 35.1 Å². The number of anilines is 7. The van der Waals surface area contributed by atoms with Crippen LogP contribution in [0.25, 0.3) is 27.8 Å². The highest BCUT2D eigenvalue weighted by Gasteiger charge is 2.27. The lowest BCUT2D eigenvalue weighted by Crippen LogP contribution is -2.34. The second-order valence-electron chi connectivity index (χ2n) is 16.2. The molecule has 8 rings (SSSR count). The molecule has 0 fully saturated rings. The Morgan fingerprint density at radius 1 is 0.605 bits per heavy atom. The highest BCUT2D eigenvalue weighted by Crippen LogP contribution is 2.33. The molecule has 0 amide bonds. The highest BCUT2D eigenvalue weighted by molar-refractivity contribution is 7.91. The van der Waals surface area contributed by atoms with Gasteiger partial charge in [-0.05, 0) is 109 Å². The number of fused-ring (bicyclic) bond motifs is 2. The Balaban J connectivity index is 1.13. The van der Waals surface area contributed by atoms with Gasteiger partial charge in [0.2, 0.25) is 33.9 Å². The van der Waals surface area contributed by atoms with E-state index < -0.39 is 72.7 Å². The highest BCUT2D eigenvalue weighted by atomic mass is 35.5. The SMILES string of the molecule is CCN(Cc1cccc(S(=O)(=O)O)c1)c1ccc2nc3ccc(Nc4ccc(Nc5nc(Cl)nc(Nc6ccc(S(=O)(=O)CCOS(=O)(=O)O)cc6)n5)cc4S(=O)(=O)O)cc3[n+](-c3ccc(OC)c(S(=O)(=O)O)c3)c2c1. The molecule has 0 aliphatic rings. The Hall–Kier alpha value is -7.23. The predicted octanol–water partition coefficient (Wildman–Crippen LogP) is 6.10. The molecule has 0 saturated carbocycles. The van der Waals surface area contributed by atoms with Crippen LogP contribution in [0.4, 0.5) is 40.3 Å². The largest absolute Gasteiger partial charge is 0.495 e. The third kappa shape index (κ3) is 13.0. The fraction of sp³-hybridized carbons (Fsp3) is 0.133. The molecule has 76 heavy (non-hydrogen) atoms. The van der Waals surface area contributed by atoms with Crippen molar-refractivity contribution >= 4 is 125 Å². The molecular weight excluding hydrogens is 1120 g/mol. The number of nitrogens with one attached hydrogen (secondary N) is 3. The molecule has 0 saturated heterocycles. The van der Waals surface area contributed by atoms with Crippen molar-refractivity contribution in [1.82, 2.24) is 19.9 Å². The summed E-state index contributed by atoms with van der Waals surface area (Å²) in [7, 11) is -22.0. The van der Waals surface area contributed by atoms with Crippen LogP contribution in [0, 0.1) is 0 Å². The molecule has 0 aliphatic heterocycles. The van der Waals surface area contributed by atoms with Crippen molar-refractivity contribution < 1.29 is 73.8 Å². The summed E-state index contributed by atoms with van der Waals surface area (Å²) in [5.41, 5.74) is 3.39. The van der Waals surface area contributed by atoms with E-state index in [0.29, 0.717) is 39.9 Å². The molecule has 0 atom stereocenters. The number of sulfone groups is 1. The lowest BCUT2D eigenvalue weighted by atomic mass is 10.1. The van der Waals surface area contributed by atoms with Gasteiger partial charge in [0.15, 0.2) is 9.84 Å². The minimum atomic E-state index is -4.99. The second-order valence-corrected chi connectivity index (χ2v) is 23.9. The zero-order valence-corrected chi connectivity index (χ0v) is 44.0. The first-order valence-corrected chi connectivity index (χ1v) is 29.4. The summed E-state index contributed by atoms with van der Waals surface area (Å²) >= 11 is 6.19. The lowest BCUT2D eigenvalue weighted by molar-refractivity contribution is -0.538. The van der Waals surface area contributed by atoms with Crippen LogP contribution in [0.1, 0.15) is 12.5 Å². The van der Waals surface area contributed by atoms with Crippen LogP contribution in [0.5, 0.6) is 5.75 Å². The fourth-order valence-electron chi connectivity index (χ4n) is 7.72. The van der Waals surface area contributed by atoms with E-state index in [1.165, 1.54) is 73.8 Å². The third-order valence-electron chi connectivity index (χ3n) is 11.1. The fourth-order valence-corrected chi connectivity index (χ4v) is 11.3. The smallest absolute Gasteiger partial charge is 0.397 e. The summed E-state index contributed by atoms with van der Waals surface area (Å²) in [6.07, 6.45) is 0. The Kier molecular flexibility index (Phi) is 15.5. The lowest BCUT2D eigenvalue weighted by Gasteiger charge is -2.23. The second kappa shape index (κ2) is 21.4. The summed E-state index contributed by atoms with van der Waals surface area (Å²) in [6.45, 7) is 1.66. The molecule has 398 valence electrons. The van der Waals surface area contributed by atoms with Gasteiger partial charge >= 0.3 is 10.4 Å². The van der Waals surface area contributed by atoms with Gasteiger partial charge in [0.05, 0.1) is 34.9 Å². The van der Waals surface area contributed by atoms with Crippen LogP contribution in [0.2, 0.25) is 5.28 Å². The molecule has 0 spiro atoms. The number of benzene rings is 6. The van der Waals surface area contributed by atoms with E-state index in [1.807, 2.05) is 11.8 Å². The van der Waals surface area contributed by atoms with Crippen molar-refractivity contribution in [2.24, 2.45) is 0 Å². The summed E-state index contributed by atoms with van der Waals surface area (Å²) < 4.78 is 172. The first-order chi connectivity index (χ1) is 35.7. The molecule has 0 unspecified atom stereocenters. The number of aromatic nitrogens is 5. The van der Waals surface area contributed by atoms with Crippen molar-refractivity contribution in [3.63, 3.8) is 0 Å².